The number of aromatic amines is 1. The van der Waals surface area contributed by atoms with Crippen LogP contribution in [0.25, 0.3) is 10.9 Å². The molecule has 1 aromatic carbocycles. The number of nitrogens with one attached hydrogen (secondary N) is 1. The van der Waals surface area contributed by atoms with Crippen LogP contribution in [0.1, 0.15) is 11.3 Å². The smallest absolute Gasteiger partial charge is 0.143 e. The second-order valence-corrected chi connectivity index (χ2v) is 3.92. The molecular formula is C13H17NO3. The Morgan fingerprint density at radius 2 is 1.82 bits per heavy atom. The lowest BCUT2D eigenvalue weighted by molar-refractivity contribution is 0.299. The second kappa shape index (κ2) is 4.67. The fraction of sp³-hybridized carbons (Fsp3) is 0.385. The second-order valence-electron chi connectivity index (χ2n) is 3.92. The predicted octanol–water partition coefficient (Wildman–Crippen LogP) is 2.03. The molecule has 0 unspecified atom stereocenters. The van der Waals surface area contributed by atoms with Crippen LogP contribution in [0.4, 0.5) is 0 Å². The van der Waals surface area contributed by atoms with Gasteiger partial charge in [0.05, 0.1) is 19.7 Å². The van der Waals surface area contributed by atoms with E-state index in [9.17, 15) is 0 Å². The number of H-pyrrole nitrogens is 1. The molecule has 0 bridgehead atoms. The highest BCUT2D eigenvalue weighted by molar-refractivity contribution is 5.94. The van der Waals surface area contributed by atoms with Gasteiger partial charge in [-0.3, -0.25) is 0 Å². The highest BCUT2D eigenvalue weighted by Crippen LogP contribution is 2.36. The Labute approximate surface area is 100 Å². The first kappa shape index (κ1) is 11.8. The summed E-state index contributed by atoms with van der Waals surface area (Å²) in [5, 5.41) is 10.1. The number of aliphatic hydroxyl groups is 1. The van der Waals surface area contributed by atoms with Crippen molar-refractivity contribution in [3.05, 3.63) is 23.4 Å². The van der Waals surface area contributed by atoms with Crippen LogP contribution in [-0.4, -0.2) is 30.9 Å². The van der Waals surface area contributed by atoms with Crippen LogP contribution >= 0.6 is 0 Å². The number of aromatic nitrogens is 1. The fourth-order valence-corrected chi connectivity index (χ4v) is 2.20. The molecule has 1 aromatic heterocycles. The van der Waals surface area contributed by atoms with Gasteiger partial charge in [0.2, 0.25) is 0 Å². The number of fused-ring (bicyclic) bond motifs is 1. The molecule has 17 heavy (non-hydrogen) atoms. The van der Waals surface area contributed by atoms with E-state index in [2.05, 4.69) is 4.98 Å². The highest BCUT2D eigenvalue weighted by Gasteiger charge is 2.15. The molecule has 1 heterocycles. The molecule has 92 valence electrons. The topological polar surface area (TPSA) is 54.5 Å². The number of rotatable bonds is 4. The normalized spacial score (nSPS) is 10.8. The lowest BCUT2D eigenvalue weighted by atomic mass is 10.1. The number of methoxy groups -OCH3 is 2. The van der Waals surface area contributed by atoms with Gasteiger partial charge in [-0.05, 0) is 31.0 Å². The Kier molecular flexibility index (Phi) is 3.24. The summed E-state index contributed by atoms with van der Waals surface area (Å²) in [7, 11) is 3.29. The molecule has 0 spiro atoms. The minimum Gasteiger partial charge on any atom is -0.496 e. The van der Waals surface area contributed by atoms with E-state index in [1.54, 1.807) is 14.2 Å². The van der Waals surface area contributed by atoms with Gasteiger partial charge in [-0.1, -0.05) is 0 Å². The molecule has 2 rings (SSSR count). The van der Waals surface area contributed by atoms with Crippen molar-refractivity contribution in [3.63, 3.8) is 0 Å². The summed E-state index contributed by atoms with van der Waals surface area (Å²) in [5.41, 5.74) is 3.04. The van der Waals surface area contributed by atoms with Crippen LogP contribution in [0.5, 0.6) is 11.5 Å². The van der Waals surface area contributed by atoms with Gasteiger partial charge in [0.15, 0.2) is 0 Å². The average Bonchev–Trinajstić information content (AvgIpc) is 2.66. The van der Waals surface area contributed by atoms with Crippen molar-refractivity contribution in [1.82, 2.24) is 4.98 Å². The van der Waals surface area contributed by atoms with E-state index in [-0.39, 0.29) is 6.61 Å². The van der Waals surface area contributed by atoms with Crippen molar-refractivity contribution >= 4 is 10.9 Å². The summed E-state index contributed by atoms with van der Waals surface area (Å²) in [6.07, 6.45) is 0.607. The number of hydrogen-bond acceptors (Lipinski definition) is 3. The molecule has 0 aliphatic rings. The number of aliphatic hydroxyl groups excluding tert-OH is 1. The maximum Gasteiger partial charge on any atom is 0.143 e. The monoisotopic (exact) mass is 235 g/mol. The van der Waals surface area contributed by atoms with Gasteiger partial charge in [0.1, 0.15) is 11.5 Å². The molecule has 2 aromatic rings. The van der Waals surface area contributed by atoms with E-state index >= 15 is 0 Å². The predicted molar refractivity (Wildman–Crippen MR) is 66.9 cm³/mol. The van der Waals surface area contributed by atoms with Crippen LogP contribution in [0.2, 0.25) is 0 Å². The zero-order valence-corrected chi connectivity index (χ0v) is 10.3. The van der Waals surface area contributed by atoms with E-state index in [0.717, 1.165) is 33.7 Å². The van der Waals surface area contributed by atoms with Crippen molar-refractivity contribution in [3.8, 4) is 11.5 Å². The maximum absolute atomic E-state index is 9.13. The van der Waals surface area contributed by atoms with E-state index in [1.807, 2.05) is 19.1 Å². The first-order valence-electron chi connectivity index (χ1n) is 5.56. The van der Waals surface area contributed by atoms with Gasteiger partial charge in [0, 0.05) is 17.7 Å². The molecule has 0 radical (unpaired) electrons. The van der Waals surface area contributed by atoms with E-state index in [0.29, 0.717) is 6.42 Å². The summed E-state index contributed by atoms with van der Waals surface area (Å²) in [6, 6.07) is 3.76. The average molecular weight is 235 g/mol. The Balaban J connectivity index is 2.76. The molecule has 2 N–H and O–H groups in total. The summed E-state index contributed by atoms with van der Waals surface area (Å²) < 4.78 is 10.7. The van der Waals surface area contributed by atoms with E-state index < -0.39 is 0 Å². The lowest BCUT2D eigenvalue weighted by Gasteiger charge is -2.07. The minimum absolute atomic E-state index is 0.119. The van der Waals surface area contributed by atoms with E-state index in [4.69, 9.17) is 14.6 Å². The molecule has 0 saturated heterocycles. The highest BCUT2D eigenvalue weighted by atomic mass is 16.5. The lowest BCUT2D eigenvalue weighted by Crippen LogP contribution is -1.93. The van der Waals surface area contributed by atoms with Crippen LogP contribution in [-0.2, 0) is 6.42 Å². The quantitative estimate of drug-likeness (QED) is 0.852. The SMILES string of the molecule is COc1ccc(OC)c2c(CCO)c(C)[nH]c12. The van der Waals surface area contributed by atoms with Crippen LogP contribution in [0, 0.1) is 6.92 Å². The van der Waals surface area contributed by atoms with E-state index in [1.165, 1.54) is 0 Å². The van der Waals surface area contributed by atoms with Crippen LogP contribution in [0.3, 0.4) is 0 Å². The van der Waals surface area contributed by atoms with Gasteiger partial charge in [-0.25, -0.2) is 0 Å². The molecule has 0 fully saturated rings. The van der Waals surface area contributed by atoms with Crippen molar-refractivity contribution in [2.45, 2.75) is 13.3 Å². The minimum atomic E-state index is 0.119. The molecule has 0 saturated carbocycles. The van der Waals surface area contributed by atoms with Gasteiger partial charge >= 0.3 is 0 Å². The van der Waals surface area contributed by atoms with Crippen molar-refractivity contribution in [1.29, 1.82) is 0 Å². The van der Waals surface area contributed by atoms with Crippen molar-refractivity contribution in [2.24, 2.45) is 0 Å². The maximum atomic E-state index is 9.13. The standard InChI is InChI=1S/C13H17NO3/c1-8-9(6-7-15)12-10(16-2)4-5-11(17-3)13(12)14-8/h4-5,14-15H,6-7H2,1-3H3. The van der Waals surface area contributed by atoms with Gasteiger partial charge < -0.3 is 19.6 Å². The zero-order valence-electron chi connectivity index (χ0n) is 10.3. The third-order valence-electron chi connectivity index (χ3n) is 3.00. The molecule has 4 nitrogen and oxygen atoms in total. The first-order valence-corrected chi connectivity index (χ1v) is 5.56. The summed E-state index contributed by atoms with van der Waals surface area (Å²) in [4.78, 5) is 3.29. The summed E-state index contributed by atoms with van der Waals surface area (Å²) in [5.74, 6) is 1.58. The molecule has 4 heteroatoms. The summed E-state index contributed by atoms with van der Waals surface area (Å²) in [6.45, 7) is 2.11. The molecular weight excluding hydrogens is 218 g/mol. The van der Waals surface area contributed by atoms with Crippen molar-refractivity contribution in [2.75, 3.05) is 20.8 Å². The third-order valence-corrected chi connectivity index (χ3v) is 3.00. The zero-order chi connectivity index (χ0) is 12.4. The number of benzene rings is 1. The molecule has 0 aliphatic carbocycles. The largest absolute Gasteiger partial charge is 0.496 e. The van der Waals surface area contributed by atoms with Crippen LogP contribution in [0.15, 0.2) is 12.1 Å². The fourth-order valence-electron chi connectivity index (χ4n) is 2.20. The van der Waals surface area contributed by atoms with Gasteiger partial charge in [0.25, 0.3) is 0 Å². The number of ether oxygens (including phenoxy) is 2. The Morgan fingerprint density at radius 3 is 2.41 bits per heavy atom. The Hall–Kier alpha value is -1.68. The number of aryl methyl sites for hydroxylation is 1. The van der Waals surface area contributed by atoms with Gasteiger partial charge in [-0.2, -0.15) is 0 Å². The summed E-state index contributed by atoms with van der Waals surface area (Å²) >= 11 is 0. The number of hydrogen-bond donors (Lipinski definition) is 2. The molecule has 0 amide bonds. The first-order chi connectivity index (χ1) is 8.22. The van der Waals surface area contributed by atoms with Crippen molar-refractivity contribution < 1.29 is 14.6 Å². The Bertz CT molecular complexity index is 531. The Morgan fingerprint density at radius 1 is 1.18 bits per heavy atom. The third kappa shape index (κ3) is 1.85. The molecule has 0 aliphatic heterocycles. The molecule has 0 atom stereocenters. The van der Waals surface area contributed by atoms with Crippen LogP contribution < -0.4 is 9.47 Å². The van der Waals surface area contributed by atoms with Gasteiger partial charge in [-0.15, -0.1) is 0 Å².